The molecule has 0 amide bonds. The molecule has 17 heavy (non-hydrogen) atoms. The van der Waals surface area contributed by atoms with Crippen LogP contribution < -0.4 is 11.1 Å². The van der Waals surface area contributed by atoms with Gasteiger partial charge < -0.3 is 11.1 Å². The van der Waals surface area contributed by atoms with Gasteiger partial charge >= 0.3 is 6.18 Å². The van der Waals surface area contributed by atoms with Gasteiger partial charge in [0.1, 0.15) is 5.82 Å². The predicted molar refractivity (Wildman–Crippen MR) is 56.3 cm³/mol. The lowest BCUT2D eigenvalue weighted by atomic mass is 9.89. The summed E-state index contributed by atoms with van der Waals surface area (Å²) in [4.78, 5) is 0. The summed E-state index contributed by atoms with van der Waals surface area (Å²) in [5.41, 5.74) is 4.87. The first-order valence-corrected chi connectivity index (χ1v) is 5.39. The van der Waals surface area contributed by atoms with E-state index in [-0.39, 0.29) is 17.3 Å². The van der Waals surface area contributed by atoms with Crippen molar-refractivity contribution in [3.05, 3.63) is 17.3 Å². The zero-order valence-corrected chi connectivity index (χ0v) is 9.09. The second kappa shape index (κ2) is 4.48. The van der Waals surface area contributed by atoms with Crippen molar-refractivity contribution in [3.8, 4) is 0 Å². The van der Waals surface area contributed by atoms with Crippen molar-refractivity contribution < 1.29 is 13.2 Å². The van der Waals surface area contributed by atoms with E-state index in [0.29, 0.717) is 13.0 Å². The molecule has 1 aliphatic heterocycles. The van der Waals surface area contributed by atoms with E-state index in [1.54, 1.807) is 0 Å². The Labute approximate surface area is 96.4 Å². The molecular formula is C10H13F3N4. The van der Waals surface area contributed by atoms with E-state index in [1.165, 1.54) is 0 Å². The number of hydrogen-bond acceptors (Lipinski definition) is 4. The summed E-state index contributed by atoms with van der Waals surface area (Å²) >= 11 is 0. The minimum Gasteiger partial charge on any atom is -0.382 e. The summed E-state index contributed by atoms with van der Waals surface area (Å²) in [6.45, 7) is 1.33. The van der Waals surface area contributed by atoms with Crippen LogP contribution >= 0.6 is 0 Å². The third-order valence-corrected chi connectivity index (χ3v) is 2.93. The standard InChI is InChI=1S/C10H13F3N4/c11-10(12,13)7-5-16-17-9(14)8(7)6-2-1-3-15-4-6/h5-6,15H,1-4H2,(H2,14,17)/t6-/m0/s1. The van der Waals surface area contributed by atoms with E-state index in [4.69, 9.17) is 5.73 Å². The Kier molecular flexibility index (Phi) is 3.19. The number of nitrogens with two attached hydrogens (primary N) is 1. The maximum absolute atomic E-state index is 12.8. The van der Waals surface area contributed by atoms with Gasteiger partial charge in [-0.2, -0.15) is 18.3 Å². The third kappa shape index (κ3) is 2.49. The van der Waals surface area contributed by atoms with Crippen molar-refractivity contribution in [1.82, 2.24) is 15.5 Å². The Morgan fingerprint density at radius 3 is 2.76 bits per heavy atom. The fourth-order valence-electron chi connectivity index (χ4n) is 2.16. The summed E-state index contributed by atoms with van der Waals surface area (Å²) in [6.07, 6.45) is -2.16. The molecule has 0 aromatic carbocycles. The zero-order valence-electron chi connectivity index (χ0n) is 9.09. The summed E-state index contributed by atoms with van der Waals surface area (Å²) in [5.74, 6) is -0.357. The van der Waals surface area contributed by atoms with Crippen LogP contribution in [0.25, 0.3) is 0 Å². The SMILES string of the molecule is Nc1nncc(C(F)(F)F)c1[C@H]1CCCNC1. The first-order valence-electron chi connectivity index (χ1n) is 5.39. The Balaban J connectivity index is 2.43. The molecule has 2 rings (SSSR count). The molecule has 3 N–H and O–H groups in total. The first-order chi connectivity index (χ1) is 8.00. The Bertz CT molecular complexity index is 399. The Hall–Kier alpha value is -1.37. The molecule has 4 nitrogen and oxygen atoms in total. The van der Waals surface area contributed by atoms with Gasteiger partial charge in [-0.25, -0.2) is 0 Å². The quantitative estimate of drug-likeness (QED) is 0.789. The number of rotatable bonds is 1. The lowest BCUT2D eigenvalue weighted by molar-refractivity contribution is -0.138. The van der Waals surface area contributed by atoms with E-state index in [9.17, 15) is 13.2 Å². The maximum atomic E-state index is 12.8. The van der Waals surface area contributed by atoms with Gasteiger partial charge in [0, 0.05) is 18.0 Å². The number of nitrogen functional groups attached to an aromatic ring is 1. The third-order valence-electron chi connectivity index (χ3n) is 2.93. The van der Waals surface area contributed by atoms with Crippen LogP contribution in [0.1, 0.15) is 29.9 Å². The van der Waals surface area contributed by atoms with Crippen molar-refractivity contribution >= 4 is 5.82 Å². The molecule has 1 aliphatic rings. The van der Waals surface area contributed by atoms with Crippen molar-refractivity contribution in [2.45, 2.75) is 24.9 Å². The number of nitrogens with one attached hydrogen (secondary N) is 1. The van der Waals surface area contributed by atoms with Crippen molar-refractivity contribution in [2.24, 2.45) is 0 Å². The van der Waals surface area contributed by atoms with Crippen LogP contribution in [0.3, 0.4) is 0 Å². The summed E-state index contributed by atoms with van der Waals surface area (Å²) < 4.78 is 38.5. The highest BCUT2D eigenvalue weighted by Gasteiger charge is 2.37. The minimum atomic E-state index is -4.43. The highest BCUT2D eigenvalue weighted by Crippen LogP contribution is 2.38. The van der Waals surface area contributed by atoms with Crippen LogP contribution in [-0.4, -0.2) is 23.3 Å². The molecule has 0 bridgehead atoms. The van der Waals surface area contributed by atoms with E-state index in [2.05, 4.69) is 15.5 Å². The van der Waals surface area contributed by atoms with Crippen LogP contribution in [0.15, 0.2) is 6.20 Å². The van der Waals surface area contributed by atoms with Gasteiger partial charge in [-0.1, -0.05) is 0 Å². The number of nitrogens with zero attached hydrogens (tertiary/aromatic N) is 2. The Morgan fingerprint density at radius 1 is 1.41 bits per heavy atom. The molecule has 1 atom stereocenters. The molecule has 0 aliphatic carbocycles. The average molecular weight is 246 g/mol. The zero-order chi connectivity index (χ0) is 12.5. The van der Waals surface area contributed by atoms with Gasteiger partial charge in [-0.15, -0.1) is 5.10 Å². The predicted octanol–water partition coefficient (Wildman–Crippen LogP) is 1.54. The number of halogens is 3. The topological polar surface area (TPSA) is 63.8 Å². The number of hydrogen-bond donors (Lipinski definition) is 2. The van der Waals surface area contributed by atoms with Crippen molar-refractivity contribution in [2.75, 3.05) is 18.8 Å². The highest BCUT2D eigenvalue weighted by molar-refractivity contribution is 5.47. The van der Waals surface area contributed by atoms with Gasteiger partial charge in [-0.05, 0) is 19.4 Å². The number of anilines is 1. The molecule has 0 saturated carbocycles. The van der Waals surface area contributed by atoms with Crippen LogP contribution in [0.2, 0.25) is 0 Å². The molecule has 1 fully saturated rings. The van der Waals surface area contributed by atoms with Crippen LogP contribution in [-0.2, 0) is 6.18 Å². The van der Waals surface area contributed by atoms with E-state index in [0.717, 1.165) is 19.2 Å². The summed E-state index contributed by atoms with van der Waals surface area (Å²) in [5, 5.41) is 9.89. The second-order valence-corrected chi connectivity index (χ2v) is 4.10. The lowest BCUT2D eigenvalue weighted by Crippen LogP contribution is -2.30. The lowest BCUT2D eigenvalue weighted by Gasteiger charge is -2.26. The fraction of sp³-hybridized carbons (Fsp3) is 0.600. The maximum Gasteiger partial charge on any atom is 0.418 e. The highest BCUT2D eigenvalue weighted by atomic mass is 19.4. The van der Waals surface area contributed by atoms with E-state index < -0.39 is 11.7 Å². The molecule has 0 radical (unpaired) electrons. The van der Waals surface area contributed by atoms with Gasteiger partial charge in [-0.3, -0.25) is 0 Å². The molecule has 0 spiro atoms. The number of aromatic nitrogens is 2. The molecule has 2 heterocycles. The second-order valence-electron chi connectivity index (χ2n) is 4.10. The molecule has 1 aromatic heterocycles. The van der Waals surface area contributed by atoms with Crippen LogP contribution in [0, 0.1) is 0 Å². The van der Waals surface area contributed by atoms with Crippen molar-refractivity contribution in [3.63, 3.8) is 0 Å². The fourth-order valence-corrected chi connectivity index (χ4v) is 2.16. The van der Waals surface area contributed by atoms with Gasteiger partial charge in [0.25, 0.3) is 0 Å². The summed E-state index contributed by atoms with van der Waals surface area (Å²) in [6, 6.07) is 0. The smallest absolute Gasteiger partial charge is 0.382 e. The van der Waals surface area contributed by atoms with Crippen LogP contribution in [0.4, 0.5) is 19.0 Å². The van der Waals surface area contributed by atoms with E-state index in [1.807, 2.05) is 0 Å². The molecule has 0 unspecified atom stereocenters. The van der Waals surface area contributed by atoms with Crippen molar-refractivity contribution in [1.29, 1.82) is 0 Å². The molecule has 1 saturated heterocycles. The van der Waals surface area contributed by atoms with E-state index >= 15 is 0 Å². The van der Waals surface area contributed by atoms with Gasteiger partial charge in [0.05, 0.1) is 11.8 Å². The first kappa shape index (κ1) is 12.1. The largest absolute Gasteiger partial charge is 0.418 e. The normalized spacial score (nSPS) is 21.5. The monoisotopic (exact) mass is 246 g/mol. The molecule has 7 heteroatoms. The molecule has 1 aromatic rings. The summed E-state index contributed by atoms with van der Waals surface area (Å²) in [7, 11) is 0. The minimum absolute atomic E-state index is 0.0831. The Morgan fingerprint density at radius 2 is 2.18 bits per heavy atom. The average Bonchev–Trinajstić information content (AvgIpc) is 2.28. The van der Waals surface area contributed by atoms with Gasteiger partial charge in [0.2, 0.25) is 0 Å². The number of alkyl halides is 3. The molecular weight excluding hydrogens is 233 g/mol. The van der Waals surface area contributed by atoms with Gasteiger partial charge in [0.15, 0.2) is 0 Å². The van der Waals surface area contributed by atoms with Crippen LogP contribution in [0.5, 0.6) is 0 Å². The number of piperidine rings is 1. The molecule has 94 valence electrons.